The van der Waals surface area contributed by atoms with Gasteiger partial charge >= 0.3 is 5.69 Å². The van der Waals surface area contributed by atoms with Gasteiger partial charge in [0, 0.05) is 18.7 Å². The van der Waals surface area contributed by atoms with Gasteiger partial charge in [0.2, 0.25) is 0 Å². The lowest BCUT2D eigenvalue weighted by molar-refractivity contribution is -0.385. The number of aromatic hydroxyl groups is 1. The third kappa shape index (κ3) is 3.42. The minimum Gasteiger partial charge on any atom is -0.502 e. The summed E-state index contributed by atoms with van der Waals surface area (Å²) in [7, 11) is 0. The summed E-state index contributed by atoms with van der Waals surface area (Å²) in [6, 6.07) is 4.37. The van der Waals surface area contributed by atoms with Crippen molar-refractivity contribution < 1.29 is 15.1 Å². The lowest BCUT2D eigenvalue weighted by Gasteiger charge is -2.28. The van der Waals surface area contributed by atoms with Crippen molar-refractivity contribution in [3.8, 4) is 5.75 Å². The first-order chi connectivity index (χ1) is 9.08. The molecular weight excluding hydrogens is 248 g/mol. The lowest BCUT2D eigenvalue weighted by atomic mass is 9.92. The number of aliphatic hydroxyl groups is 1. The summed E-state index contributed by atoms with van der Waals surface area (Å²) in [6.07, 6.45) is 3.50. The maximum atomic E-state index is 10.7. The second-order valence-corrected chi connectivity index (χ2v) is 4.92. The van der Waals surface area contributed by atoms with Gasteiger partial charge in [0.15, 0.2) is 5.75 Å². The first-order valence-electron chi connectivity index (χ1n) is 6.45. The van der Waals surface area contributed by atoms with E-state index in [-0.39, 0.29) is 23.6 Å². The SMILES string of the molecule is O=[N+]([O-])c1cc(CNC2CCCCC2O)ccc1O. The number of benzene rings is 1. The first-order valence-corrected chi connectivity index (χ1v) is 6.45. The Morgan fingerprint density at radius 2 is 2.11 bits per heavy atom. The van der Waals surface area contributed by atoms with Gasteiger partial charge in [0.25, 0.3) is 0 Å². The van der Waals surface area contributed by atoms with E-state index in [1.54, 1.807) is 6.07 Å². The maximum Gasteiger partial charge on any atom is 0.311 e. The molecule has 0 radical (unpaired) electrons. The summed E-state index contributed by atoms with van der Waals surface area (Å²) in [4.78, 5) is 10.1. The number of phenols is 1. The molecule has 19 heavy (non-hydrogen) atoms. The quantitative estimate of drug-likeness (QED) is 0.569. The topological polar surface area (TPSA) is 95.6 Å². The molecule has 2 unspecified atom stereocenters. The van der Waals surface area contributed by atoms with Gasteiger partial charge in [-0.3, -0.25) is 10.1 Å². The molecule has 0 aromatic heterocycles. The van der Waals surface area contributed by atoms with Gasteiger partial charge < -0.3 is 15.5 Å². The minimum absolute atomic E-state index is 0.0432. The summed E-state index contributed by atoms with van der Waals surface area (Å²) in [5, 5.41) is 33.1. The van der Waals surface area contributed by atoms with Crippen molar-refractivity contribution in [3.05, 3.63) is 33.9 Å². The highest BCUT2D eigenvalue weighted by atomic mass is 16.6. The number of nitrogens with zero attached hydrogens (tertiary/aromatic N) is 1. The monoisotopic (exact) mass is 266 g/mol. The van der Waals surface area contributed by atoms with Crippen LogP contribution in [0.25, 0.3) is 0 Å². The number of aliphatic hydroxyl groups excluding tert-OH is 1. The van der Waals surface area contributed by atoms with Gasteiger partial charge in [-0.25, -0.2) is 0 Å². The normalized spacial score (nSPS) is 23.2. The summed E-state index contributed by atoms with van der Waals surface area (Å²) in [5.41, 5.74) is 0.436. The molecule has 0 spiro atoms. The zero-order valence-electron chi connectivity index (χ0n) is 10.6. The molecule has 6 nitrogen and oxygen atoms in total. The maximum absolute atomic E-state index is 10.7. The van der Waals surface area contributed by atoms with Crippen LogP contribution in [0.15, 0.2) is 18.2 Å². The smallest absolute Gasteiger partial charge is 0.311 e. The molecule has 1 aromatic rings. The van der Waals surface area contributed by atoms with Gasteiger partial charge in [-0.2, -0.15) is 0 Å². The molecule has 0 saturated heterocycles. The van der Waals surface area contributed by atoms with Crippen LogP contribution < -0.4 is 5.32 Å². The van der Waals surface area contributed by atoms with Crippen molar-refractivity contribution in [2.24, 2.45) is 0 Å². The van der Waals surface area contributed by atoms with Crippen molar-refractivity contribution in [2.75, 3.05) is 0 Å². The third-order valence-corrected chi connectivity index (χ3v) is 3.53. The van der Waals surface area contributed by atoms with Crippen molar-refractivity contribution in [3.63, 3.8) is 0 Å². The predicted molar refractivity (Wildman–Crippen MR) is 69.9 cm³/mol. The van der Waals surface area contributed by atoms with Gasteiger partial charge in [-0.05, 0) is 24.5 Å². The molecule has 0 aliphatic heterocycles. The Morgan fingerprint density at radius 1 is 1.37 bits per heavy atom. The van der Waals surface area contributed by atoms with Gasteiger partial charge in [0.1, 0.15) is 0 Å². The van der Waals surface area contributed by atoms with Crippen molar-refractivity contribution >= 4 is 5.69 Å². The average Bonchev–Trinajstić information content (AvgIpc) is 2.39. The van der Waals surface area contributed by atoms with Crippen LogP contribution in [0.4, 0.5) is 5.69 Å². The predicted octanol–water partition coefficient (Wildman–Crippen LogP) is 1.69. The van der Waals surface area contributed by atoms with Gasteiger partial charge in [0.05, 0.1) is 11.0 Å². The Kier molecular flexibility index (Phi) is 4.34. The van der Waals surface area contributed by atoms with E-state index in [0.717, 1.165) is 31.2 Å². The Morgan fingerprint density at radius 3 is 2.79 bits per heavy atom. The van der Waals surface area contributed by atoms with Crippen LogP contribution in [0.1, 0.15) is 31.2 Å². The molecule has 1 fully saturated rings. The summed E-state index contributed by atoms with van der Waals surface area (Å²) >= 11 is 0. The summed E-state index contributed by atoms with van der Waals surface area (Å²) in [5.74, 6) is -0.327. The number of hydrogen-bond donors (Lipinski definition) is 3. The van der Waals surface area contributed by atoms with Crippen LogP contribution in [-0.4, -0.2) is 27.3 Å². The second-order valence-electron chi connectivity index (χ2n) is 4.92. The van der Waals surface area contributed by atoms with E-state index in [2.05, 4.69) is 5.32 Å². The average molecular weight is 266 g/mol. The van der Waals surface area contributed by atoms with Crippen LogP contribution in [0.3, 0.4) is 0 Å². The first kappa shape index (κ1) is 13.8. The van der Waals surface area contributed by atoms with Crippen LogP contribution in [0.2, 0.25) is 0 Å². The molecule has 1 aliphatic carbocycles. The summed E-state index contributed by atoms with van der Waals surface area (Å²) in [6.45, 7) is 0.447. The number of rotatable bonds is 4. The van der Waals surface area contributed by atoms with Crippen molar-refractivity contribution in [1.29, 1.82) is 0 Å². The van der Waals surface area contributed by atoms with Gasteiger partial charge in [-0.15, -0.1) is 0 Å². The van der Waals surface area contributed by atoms with E-state index in [1.165, 1.54) is 12.1 Å². The van der Waals surface area contributed by atoms with Crippen molar-refractivity contribution in [1.82, 2.24) is 5.32 Å². The number of phenolic OH excluding ortho intramolecular Hbond substituents is 1. The van der Waals surface area contributed by atoms with Crippen molar-refractivity contribution in [2.45, 2.75) is 44.4 Å². The minimum atomic E-state index is -0.603. The van der Waals surface area contributed by atoms with E-state index >= 15 is 0 Å². The molecule has 1 aliphatic rings. The van der Waals surface area contributed by atoms with Crippen LogP contribution in [0, 0.1) is 10.1 Å². The lowest BCUT2D eigenvalue weighted by Crippen LogP contribution is -2.41. The number of hydrogen-bond acceptors (Lipinski definition) is 5. The zero-order valence-corrected chi connectivity index (χ0v) is 10.6. The molecule has 0 amide bonds. The largest absolute Gasteiger partial charge is 0.502 e. The van der Waals surface area contributed by atoms with E-state index in [1.807, 2.05) is 0 Å². The Labute approximate surface area is 111 Å². The molecule has 1 aromatic carbocycles. The van der Waals surface area contributed by atoms with E-state index in [4.69, 9.17) is 0 Å². The summed E-state index contributed by atoms with van der Waals surface area (Å²) < 4.78 is 0. The number of nitro benzene ring substituents is 1. The molecule has 104 valence electrons. The Hall–Kier alpha value is -1.66. The Balaban J connectivity index is 1.99. The fourth-order valence-electron chi connectivity index (χ4n) is 2.42. The van der Waals surface area contributed by atoms with Crippen LogP contribution in [0.5, 0.6) is 5.75 Å². The van der Waals surface area contributed by atoms with E-state index < -0.39 is 4.92 Å². The number of nitrogens with one attached hydrogen (secondary N) is 1. The highest BCUT2D eigenvalue weighted by Gasteiger charge is 2.22. The highest BCUT2D eigenvalue weighted by Crippen LogP contribution is 2.26. The second kappa shape index (κ2) is 5.99. The standard InChI is InChI=1S/C13H18N2O4/c16-12-4-2-1-3-10(12)14-8-9-5-6-13(17)11(7-9)15(18)19/h5-7,10,12,14,16-17H,1-4,8H2. The molecule has 2 rings (SSSR count). The zero-order chi connectivity index (χ0) is 13.8. The van der Waals surface area contributed by atoms with E-state index in [9.17, 15) is 20.3 Å². The third-order valence-electron chi connectivity index (χ3n) is 3.53. The molecule has 2 atom stereocenters. The molecule has 3 N–H and O–H groups in total. The molecular formula is C13H18N2O4. The van der Waals surface area contributed by atoms with Crippen LogP contribution >= 0.6 is 0 Å². The fourth-order valence-corrected chi connectivity index (χ4v) is 2.42. The highest BCUT2D eigenvalue weighted by molar-refractivity contribution is 5.47. The van der Waals surface area contributed by atoms with Gasteiger partial charge in [-0.1, -0.05) is 18.9 Å². The van der Waals surface area contributed by atoms with E-state index in [0.29, 0.717) is 6.54 Å². The molecule has 1 saturated carbocycles. The molecule has 6 heteroatoms. The molecule has 0 heterocycles. The van der Waals surface area contributed by atoms with Crippen LogP contribution in [-0.2, 0) is 6.54 Å². The fraction of sp³-hybridized carbons (Fsp3) is 0.538. The molecule has 0 bridgehead atoms. The Bertz CT molecular complexity index is 464. The number of nitro groups is 1.